The number of allylic oxidation sites excluding steroid dienone is 1. The van der Waals surface area contributed by atoms with Crippen LogP contribution in [0, 0.1) is 10.8 Å². The Morgan fingerprint density at radius 3 is 2.72 bits per heavy atom. The summed E-state index contributed by atoms with van der Waals surface area (Å²) in [4.78, 5) is 24.3. The maximum Gasteiger partial charge on any atom is 0.333 e. The van der Waals surface area contributed by atoms with E-state index in [4.69, 9.17) is 30.5 Å². The molecule has 0 aromatic rings. The van der Waals surface area contributed by atoms with Crippen molar-refractivity contribution in [1.82, 2.24) is 0 Å². The van der Waals surface area contributed by atoms with Gasteiger partial charge in [-0.05, 0) is 26.7 Å². The molecular formula is C21H27ClO7. The van der Waals surface area contributed by atoms with Crippen molar-refractivity contribution in [2.45, 2.75) is 63.6 Å². The van der Waals surface area contributed by atoms with E-state index in [2.05, 4.69) is 6.58 Å². The lowest BCUT2D eigenvalue weighted by Crippen LogP contribution is -2.66. The molecule has 0 amide bonds. The number of hydrogen-bond acceptors (Lipinski definition) is 7. The van der Waals surface area contributed by atoms with Gasteiger partial charge in [-0.25, -0.2) is 4.79 Å². The Morgan fingerprint density at radius 1 is 1.45 bits per heavy atom. The Hall–Kier alpha value is -1.41. The third-order valence-electron chi connectivity index (χ3n) is 7.43. The molecule has 7 nitrogen and oxygen atoms in total. The molecule has 7 atom stereocenters. The first-order valence-electron chi connectivity index (χ1n) is 9.86. The number of rotatable bonds is 5. The highest BCUT2D eigenvalue weighted by molar-refractivity contribution is 6.26. The number of aliphatic hydroxyl groups is 1. The second-order valence-corrected chi connectivity index (χ2v) is 9.19. The van der Waals surface area contributed by atoms with Crippen molar-refractivity contribution in [3.8, 4) is 0 Å². The molecule has 2 bridgehead atoms. The number of alkyl halides is 1. The molecule has 160 valence electrons. The second kappa shape index (κ2) is 6.80. The van der Waals surface area contributed by atoms with E-state index in [1.165, 1.54) is 0 Å². The molecule has 0 aromatic heterocycles. The van der Waals surface area contributed by atoms with E-state index >= 15 is 0 Å². The van der Waals surface area contributed by atoms with Crippen LogP contribution in [0.4, 0.5) is 0 Å². The number of aliphatic hydroxyl groups excluding tert-OH is 1. The molecule has 4 aliphatic rings. The van der Waals surface area contributed by atoms with E-state index in [-0.39, 0.29) is 12.5 Å². The van der Waals surface area contributed by atoms with Crippen molar-refractivity contribution >= 4 is 23.5 Å². The van der Waals surface area contributed by atoms with Gasteiger partial charge in [-0.2, -0.15) is 0 Å². The van der Waals surface area contributed by atoms with E-state index < -0.39 is 52.8 Å². The monoisotopic (exact) mass is 426 g/mol. The smallest absolute Gasteiger partial charge is 0.333 e. The van der Waals surface area contributed by atoms with Crippen LogP contribution < -0.4 is 0 Å². The molecule has 3 fully saturated rings. The van der Waals surface area contributed by atoms with Crippen LogP contribution in [-0.4, -0.2) is 66.2 Å². The van der Waals surface area contributed by atoms with Crippen molar-refractivity contribution in [3.05, 3.63) is 23.8 Å². The minimum atomic E-state index is -1.07. The molecule has 4 rings (SSSR count). The SMILES string of the molecule is C=C(C)C(=O)OCC12CCC(C)=CC1OC1C(O)C(OC(=O)CCl)C2(C)C12CO2. The highest BCUT2D eigenvalue weighted by Gasteiger charge is 2.85. The first kappa shape index (κ1) is 20.8. The Kier molecular flexibility index (Phi) is 4.89. The molecule has 0 radical (unpaired) electrons. The van der Waals surface area contributed by atoms with Crippen LogP contribution in [0.2, 0.25) is 0 Å². The average molecular weight is 427 g/mol. The van der Waals surface area contributed by atoms with E-state index in [0.29, 0.717) is 18.6 Å². The summed E-state index contributed by atoms with van der Waals surface area (Å²) in [6.07, 6.45) is 0.430. The van der Waals surface area contributed by atoms with E-state index in [1.54, 1.807) is 6.92 Å². The van der Waals surface area contributed by atoms with Gasteiger partial charge in [0.25, 0.3) is 0 Å². The van der Waals surface area contributed by atoms with Gasteiger partial charge in [0, 0.05) is 11.0 Å². The highest BCUT2D eigenvalue weighted by atomic mass is 35.5. The number of carbonyl (C=O) groups excluding carboxylic acids is 2. The second-order valence-electron chi connectivity index (χ2n) is 8.92. The van der Waals surface area contributed by atoms with Crippen molar-refractivity contribution < 1.29 is 33.6 Å². The largest absolute Gasteiger partial charge is 0.462 e. The average Bonchev–Trinajstić information content (AvgIpc) is 3.47. The molecular weight excluding hydrogens is 400 g/mol. The fraction of sp³-hybridized carbons (Fsp3) is 0.714. The Labute approximate surface area is 175 Å². The first-order chi connectivity index (χ1) is 13.6. The molecule has 2 aliphatic carbocycles. The molecule has 2 heterocycles. The fourth-order valence-corrected chi connectivity index (χ4v) is 5.74. The predicted molar refractivity (Wildman–Crippen MR) is 103 cm³/mol. The number of carbonyl (C=O) groups is 2. The normalized spacial score (nSPS) is 44.7. The van der Waals surface area contributed by atoms with Crippen molar-refractivity contribution in [2.24, 2.45) is 10.8 Å². The van der Waals surface area contributed by atoms with E-state index in [1.807, 2.05) is 19.9 Å². The van der Waals surface area contributed by atoms with Gasteiger partial charge in [-0.1, -0.05) is 25.2 Å². The van der Waals surface area contributed by atoms with Crippen LogP contribution in [0.1, 0.15) is 33.6 Å². The minimum Gasteiger partial charge on any atom is -0.462 e. The summed E-state index contributed by atoms with van der Waals surface area (Å²) in [5, 5.41) is 11.1. The molecule has 29 heavy (non-hydrogen) atoms. The zero-order chi connectivity index (χ0) is 21.2. The molecule has 8 heteroatoms. The molecule has 7 unspecified atom stereocenters. The highest BCUT2D eigenvalue weighted by Crippen LogP contribution is 2.72. The summed E-state index contributed by atoms with van der Waals surface area (Å²) in [5.74, 6) is -1.43. The third-order valence-corrected chi connectivity index (χ3v) is 7.65. The van der Waals surface area contributed by atoms with Crippen LogP contribution in [0.15, 0.2) is 23.8 Å². The van der Waals surface area contributed by atoms with Gasteiger partial charge in [0.2, 0.25) is 0 Å². The Bertz CT molecular complexity index is 788. The van der Waals surface area contributed by atoms with Gasteiger partial charge in [-0.15, -0.1) is 11.6 Å². The maximum absolute atomic E-state index is 12.2. The third kappa shape index (κ3) is 2.67. The van der Waals surface area contributed by atoms with Crippen LogP contribution in [0.3, 0.4) is 0 Å². The minimum absolute atomic E-state index is 0.0448. The lowest BCUT2D eigenvalue weighted by atomic mass is 9.51. The zero-order valence-corrected chi connectivity index (χ0v) is 17.7. The van der Waals surface area contributed by atoms with Gasteiger partial charge in [0.05, 0.1) is 18.1 Å². The Morgan fingerprint density at radius 2 is 2.14 bits per heavy atom. The van der Waals surface area contributed by atoms with E-state index in [0.717, 1.165) is 12.0 Å². The standard InChI is InChI=1S/C21H27ClO7/c1-11(2)18(25)26-9-20-6-5-12(3)7-13(20)28-17-15(24)16(29-14(23)8-22)19(20,4)21(17)10-27-21/h7,13,15-17,24H,1,5-6,8-10H2,2-4H3. The van der Waals surface area contributed by atoms with Crippen LogP contribution in [0.5, 0.6) is 0 Å². The maximum atomic E-state index is 12.2. The van der Waals surface area contributed by atoms with Crippen LogP contribution in [0.25, 0.3) is 0 Å². The summed E-state index contributed by atoms with van der Waals surface area (Å²) in [5.41, 5.74) is -0.902. The summed E-state index contributed by atoms with van der Waals surface area (Å²) >= 11 is 5.67. The fourth-order valence-electron chi connectivity index (χ4n) is 5.68. The first-order valence-corrected chi connectivity index (χ1v) is 10.4. The number of halogens is 1. The summed E-state index contributed by atoms with van der Waals surface area (Å²) in [7, 11) is 0. The number of esters is 2. The molecule has 1 saturated carbocycles. The van der Waals surface area contributed by atoms with Gasteiger partial charge in [0.15, 0.2) is 0 Å². The van der Waals surface area contributed by atoms with Crippen molar-refractivity contribution in [1.29, 1.82) is 0 Å². The topological polar surface area (TPSA) is 94.6 Å². The Balaban J connectivity index is 1.81. The van der Waals surface area contributed by atoms with Gasteiger partial charge in [-0.3, -0.25) is 4.79 Å². The lowest BCUT2D eigenvalue weighted by molar-refractivity contribution is -0.233. The molecule has 2 saturated heterocycles. The number of fused-ring (bicyclic) bond motifs is 2. The van der Waals surface area contributed by atoms with Crippen LogP contribution in [-0.2, 0) is 28.5 Å². The van der Waals surface area contributed by atoms with Gasteiger partial charge >= 0.3 is 11.9 Å². The van der Waals surface area contributed by atoms with Gasteiger partial charge in [0.1, 0.15) is 36.4 Å². The molecule has 0 aromatic carbocycles. The predicted octanol–water partition coefficient (Wildman–Crippen LogP) is 1.90. The molecule has 1 N–H and O–H groups in total. The lowest BCUT2D eigenvalue weighted by Gasteiger charge is -2.58. The van der Waals surface area contributed by atoms with Crippen LogP contribution >= 0.6 is 11.6 Å². The quantitative estimate of drug-likeness (QED) is 0.236. The van der Waals surface area contributed by atoms with Gasteiger partial charge < -0.3 is 24.1 Å². The zero-order valence-electron chi connectivity index (χ0n) is 16.9. The number of ether oxygens (including phenoxy) is 4. The molecule has 2 aliphatic heterocycles. The summed E-state index contributed by atoms with van der Waals surface area (Å²) in [6, 6.07) is 0. The van der Waals surface area contributed by atoms with E-state index in [9.17, 15) is 14.7 Å². The summed E-state index contributed by atoms with van der Waals surface area (Å²) < 4.78 is 23.6. The van der Waals surface area contributed by atoms with Crippen molar-refractivity contribution in [2.75, 3.05) is 19.1 Å². The summed E-state index contributed by atoms with van der Waals surface area (Å²) in [6.45, 7) is 9.64. The molecule has 1 spiro atoms. The number of hydrogen-bond donors (Lipinski definition) is 1. The number of epoxide rings is 1. The van der Waals surface area contributed by atoms with Crippen molar-refractivity contribution in [3.63, 3.8) is 0 Å².